The van der Waals surface area contributed by atoms with E-state index in [9.17, 15) is 40.2 Å². The lowest BCUT2D eigenvalue weighted by Crippen LogP contribution is -2.28. The van der Waals surface area contributed by atoms with Gasteiger partial charge in [0.05, 0.1) is 0 Å². The predicted octanol–water partition coefficient (Wildman–Crippen LogP) is 3.88. The molecule has 0 aliphatic rings. The number of aliphatic carboxylic acids is 1. The lowest BCUT2D eigenvalue weighted by Gasteiger charge is -2.13. The van der Waals surface area contributed by atoms with Gasteiger partial charge in [0.2, 0.25) is 6.10 Å². The quantitative estimate of drug-likeness (QED) is 0.126. The summed E-state index contributed by atoms with van der Waals surface area (Å²) in [5, 5.41) is 58.3. The Morgan fingerprint density at radius 3 is 2.17 bits per heavy atom. The number of esters is 1. The molecular formula is C26H20O10. The van der Waals surface area contributed by atoms with E-state index in [2.05, 4.69) is 0 Å². The van der Waals surface area contributed by atoms with E-state index in [4.69, 9.17) is 9.15 Å². The number of ether oxygens (including phenoxy) is 1. The number of hydrogen-bond donors (Lipinski definition) is 6. The Balaban J connectivity index is 1.56. The van der Waals surface area contributed by atoms with E-state index in [-0.39, 0.29) is 40.8 Å². The van der Waals surface area contributed by atoms with Gasteiger partial charge in [-0.3, -0.25) is 0 Å². The molecule has 10 heteroatoms. The van der Waals surface area contributed by atoms with Gasteiger partial charge in [-0.15, -0.1) is 0 Å². The van der Waals surface area contributed by atoms with Gasteiger partial charge in [0, 0.05) is 23.4 Å². The molecule has 1 aromatic heterocycles. The molecule has 10 nitrogen and oxygen atoms in total. The fourth-order valence-electron chi connectivity index (χ4n) is 3.52. The number of benzene rings is 3. The van der Waals surface area contributed by atoms with Crippen LogP contribution in [0.4, 0.5) is 0 Å². The minimum Gasteiger partial charge on any atom is -0.504 e. The van der Waals surface area contributed by atoms with Crippen LogP contribution in [-0.2, 0) is 20.7 Å². The summed E-state index contributed by atoms with van der Waals surface area (Å²) in [6.45, 7) is 0. The summed E-state index contributed by atoms with van der Waals surface area (Å²) in [5.74, 6) is -3.68. The van der Waals surface area contributed by atoms with Crippen LogP contribution in [0.3, 0.4) is 0 Å². The van der Waals surface area contributed by atoms with E-state index in [1.807, 2.05) is 0 Å². The molecular weight excluding hydrogens is 472 g/mol. The van der Waals surface area contributed by atoms with Gasteiger partial charge < -0.3 is 39.8 Å². The highest BCUT2D eigenvalue weighted by Crippen LogP contribution is 2.38. The van der Waals surface area contributed by atoms with Crippen LogP contribution in [0.15, 0.2) is 65.1 Å². The highest BCUT2D eigenvalue weighted by Gasteiger charge is 2.22. The summed E-state index contributed by atoms with van der Waals surface area (Å²) < 4.78 is 10.7. The Bertz CT molecular complexity index is 1500. The molecule has 1 heterocycles. The number of hydrogen-bond acceptors (Lipinski definition) is 9. The van der Waals surface area contributed by atoms with Gasteiger partial charge in [0.25, 0.3) is 0 Å². The Morgan fingerprint density at radius 1 is 0.833 bits per heavy atom. The van der Waals surface area contributed by atoms with Gasteiger partial charge in [-0.2, -0.15) is 0 Å². The number of phenols is 5. The zero-order chi connectivity index (χ0) is 26.0. The third-order valence-corrected chi connectivity index (χ3v) is 5.35. The standard InChI is InChI=1S/C26H20O10/c27-17-5-1-13(9-20(17)30)10-23(26(33)34)35-24(32)8-4-14-2-7-19(29)25-16(14)12-22(36-25)15-3-6-18(28)21(31)11-15/h1-9,11-12,23,27-31H,10H2,(H,33,34)/t23-/m0/s1. The van der Waals surface area contributed by atoms with Gasteiger partial charge in [-0.1, -0.05) is 12.1 Å². The van der Waals surface area contributed by atoms with E-state index in [1.54, 1.807) is 6.07 Å². The smallest absolute Gasteiger partial charge is 0.345 e. The first-order valence-corrected chi connectivity index (χ1v) is 10.5. The third-order valence-electron chi connectivity index (χ3n) is 5.35. The molecule has 0 saturated carbocycles. The molecule has 0 unspecified atom stereocenters. The van der Waals surface area contributed by atoms with Crippen molar-refractivity contribution in [2.75, 3.05) is 0 Å². The summed E-state index contributed by atoms with van der Waals surface area (Å²) in [7, 11) is 0. The number of phenolic OH excluding ortho intramolecular Hbond substituents is 5. The number of carbonyl (C=O) groups is 2. The molecule has 0 amide bonds. The Hall–Kier alpha value is -5.12. The topological polar surface area (TPSA) is 178 Å². The highest BCUT2D eigenvalue weighted by atomic mass is 16.6. The van der Waals surface area contributed by atoms with Crippen molar-refractivity contribution in [3.8, 4) is 40.1 Å². The number of fused-ring (bicyclic) bond motifs is 1. The van der Waals surface area contributed by atoms with Crippen LogP contribution >= 0.6 is 0 Å². The fraction of sp³-hybridized carbons (Fsp3) is 0.0769. The second-order valence-electron chi connectivity index (χ2n) is 7.86. The normalized spacial score (nSPS) is 12.1. The van der Waals surface area contributed by atoms with Crippen LogP contribution < -0.4 is 0 Å². The number of rotatable bonds is 7. The minimum atomic E-state index is -1.55. The summed E-state index contributed by atoms with van der Waals surface area (Å²) in [5.41, 5.74) is 1.33. The molecule has 0 radical (unpaired) electrons. The molecule has 0 bridgehead atoms. The van der Waals surface area contributed by atoms with Crippen LogP contribution in [0.2, 0.25) is 0 Å². The second kappa shape index (κ2) is 9.63. The second-order valence-corrected chi connectivity index (χ2v) is 7.86. The van der Waals surface area contributed by atoms with Crippen molar-refractivity contribution >= 4 is 29.0 Å². The first-order valence-electron chi connectivity index (χ1n) is 10.5. The monoisotopic (exact) mass is 492 g/mol. The van der Waals surface area contributed by atoms with Gasteiger partial charge in [0.15, 0.2) is 34.3 Å². The van der Waals surface area contributed by atoms with Crippen LogP contribution in [0.25, 0.3) is 28.4 Å². The summed E-state index contributed by atoms with van der Waals surface area (Å²) in [4.78, 5) is 23.9. The van der Waals surface area contributed by atoms with Gasteiger partial charge in [-0.25, -0.2) is 9.59 Å². The van der Waals surface area contributed by atoms with Crippen molar-refractivity contribution in [1.82, 2.24) is 0 Å². The first kappa shape index (κ1) is 24.0. The van der Waals surface area contributed by atoms with Gasteiger partial charge in [0.1, 0.15) is 5.76 Å². The molecule has 0 saturated heterocycles. The number of carbonyl (C=O) groups excluding carboxylic acids is 1. The molecule has 0 fully saturated rings. The predicted molar refractivity (Wildman–Crippen MR) is 127 cm³/mol. The van der Waals surface area contributed by atoms with Crippen molar-refractivity contribution in [3.63, 3.8) is 0 Å². The zero-order valence-electron chi connectivity index (χ0n) is 18.5. The van der Waals surface area contributed by atoms with Crippen LogP contribution in [0.1, 0.15) is 11.1 Å². The summed E-state index contributed by atoms with van der Waals surface area (Å²) in [6.07, 6.45) is 0.600. The summed E-state index contributed by atoms with van der Waals surface area (Å²) >= 11 is 0. The maximum absolute atomic E-state index is 12.4. The molecule has 4 aromatic rings. The van der Waals surface area contributed by atoms with Crippen molar-refractivity contribution in [3.05, 3.63) is 71.8 Å². The van der Waals surface area contributed by atoms with Crippen LogP contribution in [-0.4, -0.2) is 48.7 Å². The third kappa shape index (κ3) is 5.02. The molecule has 1 atom stereocenters. The molecule has 184 valence electrons. The van der Waals surface area contributed by atoms with Crippen LogP contribution in [0.5, 0.6) is 28.7 Å². The van der Waals surface area contributed by atoms with Crippen molar-refractivity contribution < 1.29 is 49.4 Å². The molecule has 0 aliphatic carbocycles. The SMILES string of the molecule is O=C(C=Cc1ccc(O)c2oc(-c3ccc(O)c(O)c3)cc12)O[C@@H](Cc1ccc(O)c(O)c1)C(=O)O. The number of carboxylic acids is 1. The fourth-order valence-corrected chi connectivity index (χ4v) is 3.52. The number of furan rings is 1. The molecule has 0 spiro atoms. The lowest BCUT2D eigenvalue weighted by atomic mass is 10.1. The van der Waals surface area contributed by atoms with Crippen molar-refractivity contribution in [1.29, 1.82) is 0 Å². The minimum absolute atomic E-state index is 0.114. The highest BCUT2D eigenvalue weighted by molar-refractivity contribution is 5.97. The number of carboxylic acid groups (broad SMARTS) is 1. The maximum atomic E-state index is 12.4. The van der Waals surface area contributed by atoms with Crippen LogP contribution in [0, 0.1) is 0 Å². The van der Waals surface area contributed by atoms with E-state index < -0.39 is 23.8 Å². The molecule has 4 rings (SSSR count). The van der Waals surface area contributed by atoms with Gasteiger partial charge in [-0.05, 0) is 59.7 Å². The largest absolute Gasteiger partial charge is 0.504 e. The van der Waals surface area contributed by atoms with Gasteiger partial charge >= 0.3 is 11.9 Å². The Morgan fingerprint density at radius 2 is 1.50 bits per heavy atom. The molecule has 6 N–H and O–H groups in total. The van der Waals surface area contributed by atoms with E-state index in [1.165, 1.54) is 54.6 Å². The average molecular weight is 492 g/mol. The molecule has 36 heavy (non-hydrogen) atoms. The number of aromatic hydroxyl groups is 5. The van der Waals surface area contributed by atoms with E-state index in [0.717, 1.165) is 6.08 Å². The maximum Gasteiger partial charge on any atom is 0.345 e. The lowest BCUT2D eigenvalue weighted by molar-refractivity contribution is -0.160. The zero-order valence-corrected chi connectivity index (χ0v) is 18.5. The first-order chi connectivity index (χ1) is 17.1. The Kier molecular flexibility index (Phi) is 6.42. The summed E-state index contributed by atoms with van der Waals surface area (Å²) in [6, 6.07) is 12.3. The van der Waals surface area contributed by atoms with Crippen molar-refractivity contribution in [2.24, 2.45) is 0 Å². The van der Waals surface area contributed by atoms with E-state index in [0.29, 0.717) is 22.1 Å². The van der Waals surface area contributed by atoms with Crippen molar-refractivity contribution in [2.45, 2.75) is 12.5 Å². The Labute approximate surface area is 203 Å². The molecule has 0 aliphatic heterocycles. The molecule has 3 aromatic carbocycles. The van der Waals surface area contributed by atoms with E-state index >= 15 is 0 Å². The average Bonchev–Trinajstić information content (AvgIpc) is 3.29.